The van der Waals surface area contributed by atoms with Gasteiger partial charge in [-0.05, 0) is 20.8 Å². The summed E-state index contributed by atoms with van der Waals surface area (Å²) in [5, 5.41) is 7.61. The van der Waals surface area contributed by atoms with E-state index in [-0.39, 0.29) is 0 Å². The van der Waals surface area contributed by atoms with Crippen molar-refractivity contribution in [1.29, 1.82) is 0 Å². The van der Waals surface area contributed by atoms with Gasteiger partial charge in [0.1, 0.15) is 5.82 Å². The molecule has 2 heterocycles. The van der Waals surface area contributed by atoms with Crippen LogP contribution in [0.5, 0.6) is 5.88 Å². The number of aryl methyl sites for hydroxylation is 1. The summed E-state index contributed by atoms with van der Waals surface area (Å²) in [4.78, 5) is 8.63. The summed E-state index contributed by atoms with van der Waals surface area (Å²) in [6, 6.07) is 4.09. The molecule has 0 unspecified atom stereocenters. The Morgan fingerprint density at radius 2 is 2.16 bits per heavy atom. The molecule has 0 aliphatic carbocycles. The van der Waals surface area contributed by atoms with Gasteiger partial charge >= 0.3 is 0 Å². The van der Waals surface area contributed by atoms with Crippen LogP contribution in [0.1, 0.15) is 31.4 Å². The average Bonchev–Trinajstić information content (AvgIpc) is 2.84. The third kappa shape index (κ3) is 3.43. The molecule has 2 rings (SSSR count). The standard InChI is InChI=1S/C13H19N5O/c1-9(2)18-6-5-11(17-18)14-8-12-15-10(3)7-13(16-12)19-4/h5-7,9H,8H2,1-4H3,(H,14,17). The Morgan fingerprint density at radius 1 is 1.37 bits per heavy atom. The van der Waals surface area contributed by atoms with Crippen LogP contribution in [0.2, 0.25) is 0 Å². The molecule has 19 heavy (non-hydrogen) atoms. The molecule has 0 aliphatic heterocycles. The first-order chi connectivity index (χ1) is 9.08. The minimum Gasteiger partial charge on any atom is -0.481 e. The van der Waals surface area contributed by atoms with Gasteiger partial charge in [-0.2, -0.15) is 10.1 Å². The number of hydrogen-bond donors (Lipinski definition) is 1. The molecule has 0 saturated carbocycles. The minimum absolute atomic E-state index is 0.353. The molecule has 0 radical (unpaired) electrons. The minimum atomic E-state index is 0.353. The number of nitrogens with one attached hydrogen (secondary N) is 1. The maximum Gasteiger partial charge on any atom is 0.216 e. The lowest BCUT2D eigenvalue weighted by Gasteiger charge is -2.06. The number of ether oxygens (including phenoxy) is 1. The molecular weight excluding hydrogens is 242 g/mol. The lowest BCUT2D eigenvalue weighted by atomic mass is 10.4. The Labute approximate surface area is 112 Å². The van der Waals surface area contributed by atoms with Crippen LogP contribution in [0.3, 0.4) is 0 Å². The zero-order chi connectivity index (χ0) is 13.8. The van der Waals surface area contributed by atoms with E-state index in [0.717, 1.165) is 11.5 Å². The molecule has 6 heteroatoms. The number of anilines is 1. The van der Waals surface area contributed by atoms with Gasteiger partial charge < -0.3 is 10.1 Å². The maximum atomic E-state index is 5.12. The van der Waals surface area contributed by atoms with Gasteiger partial charge in [-0.15, -0.1) is 0 Å². The molecule has 0 amide bonds. The first-order valence-electron chi connectivity index (χ1n) is 6.26. The van der Waals surface area contributed by atoms with Crippen molar-refractivity contribution in [2.45, 2.75) is 33.4 Å². The van der Waals surface area contributed by atoms with Crippen LogP contribution in [0, 0.1) is 6.92 Å². The van der Waals surface area contributed by atoms with E-state index in [2.05, 4.69) is 34.2 Å². The molecule has 1 N–H and O–H groups in total. The molecule has 0 aliphatic rings. The Hall–Kier alpha value is -2.11. The van der Waals surface area contributed by atoms with E-state index in [1.165, 1.54) is 0 Å². The van der Waals surface area contributed by atoms with Gasteiger partial charge in [0, 0.05) is 30.1 Å². The van der Waals surface area contributed by atoms with Crippen molar-refractivity contribution < 1.29 is 4.74 Å². The second kappa shape index (κ2) is 5.69. The first kappa shape index (κ1) is 13.3. The summed E-state index contributed by atoms with van der Waals surface area (Å²) in [7, 11) is 1.60. The first-order valence-corrected chi connectivity index (χ1v) is 6.26. The second-order valence-corrected chi connectivity index (χ2v) is 4.60. The molecule has 2 aromatic heterocycles. The van der Waals surface area contributed by atoms with E-state index in [1.54, 1.807) is 13.2 Å². The monoisotopic (exact) mass is 261 g/mol. The van der Waals surface area contributed by atoms with Gasteiger partial charge in [-0.25, -0.2) is 4.98 Å². The van der Waals surface area contributed by atoms with Gasteiger partial charge in [0.15, 0.2) is 5.82 Å². The molecule has 0 spiro atoms. The zero-order valence-corrected chi connectivity index (χ0v) is 11.7. The fourth-order valence-electron chi connectivity index (χ4n) is 1.67. The predicted molar refractivity (Wildman–Crippen MR) is 73.3 cm³/mol. The van der Waals surface area contributed by atoms with Crippen LogP contribution >= 0.6 is 0 Å². The highest BCUT2D eigenvalue weighted by Gasteiger charge is 2.05. The van der Waals surface area contributed by atoms with Crippen LogP contribution < -0.4 is 10.1 Å². The van der Waals surface area contributed by atoms with Gasteiger partial charge in [0.2, 0.25) is 5.88 Å². The third-order valence-electron chi connectivity index (χ3n) is 2.65. The van der Waals surface area contributed by atoms with Crippen LogP contribution in [-0.4, -0.2) is 26.9 Å². The highest BCUT2D eigenvalue weighted by molar-refractivity contribution is 5.32. The second-order valence-electron chi connectivity index (χ2n) is 4.60. The molecule has 2 aromatic rings. The van der Waals surface area contributed by atoms with E-state index in [9.17, 15) is 0 Å². The summed E-state index contributed by atoms with van der Waals surface area (Å²) in [5.41, 5.74) is 0.886. The van der Waals surface area contributed by atoms with Crippen LogP contribution in [0.25, 0.3) is 0 Å². The highest BCUT2D eigenvalue weighted by atomic mass is 16.5. The molecular formula is C13H19N5O. The van der Waals surface area contributed by atoms with Crippen molar-refractivity contribution in [1.82, 2.24) is 19.7 Å². The predicted octanol–water partition coefficient (Wildman–Crippen LogP) is 2.18. The van der Waals surface area contributed by atoms with Gasteiger partial charge in [-0.3, -0.25) is 4.68 Å². The summed E-state index contributed by atoms with van der Waals surface area (Å²) in [6.45, 7) is 6.62. The Bertz CT molecular complexity index is 550. The molecule has 0 fully saturated rings. The molecule has 0 bridgehead atoms. The quantitative estimate of drug-likeness (QED) is 0.893. The largest absolute Gasteiger partial charge is 0.481 e. The normalized spacial score (nSPS) is 10.8. The Balaban J connectivity index is 2.03. The van der Waals surface area contributed by atoms with Crippen molar-refractivity contribution in [2.75, 3.05) is 12.4 Å². The summed E-state index contributed by atoms with van der Waals surface area (Å²) in [5.74, 6) is 2.09. The van der Waals surface area contributed by atoms with Crippen molar-refractivity contribution in [2.24, 2.45) is 0 Å². The van der Waals surface area contributed by atoms with Crippen molar-refractivity contribution in [3.05, 3.63) is 29.8 Å². The fraction of sp³-hybridized carbons (Fsp3) is 0.462. The molecule has 0 aromatic carbocycles. The van der Waals surface area contributed by atoms with Crippen molar-refractivity contribution in [3.8, 4) is 5.88 Å². The van der Waals surface area contributed by atoms with E-state index < -0.39 is 0 Å². The van der Waals surface area contributed by atoms with Gasteiger partial charge in [-0.1, -0.05) is 0 Å². The van der Waals surface area contributed by atoms with E-state index in [1.807, 2.05) is 23.9 Å². The van der Waals surface area contributed by atoms with Crippen molar-refractivity contribution in [3.63, 3.8) is 0 Å². The number of methoxy groups -OCH3 is 1. The van der Waals surface area contributed by atoms with Gasteiger partial charge in [0.05, 0.1) is 13.7 Å². The average molecular weight is 261 g/mol. The van der Waals surface area contributed by atoms with Crippen molar-refractivity contribution >= 4 is 5.82 Å². The lowest BCUT2D eigenvalue weighted by Crippen LogP contribution is -2.08. The van der Waals surface area contributed by atoms with E-state index in [0.29, 0.717) is 24.3 Å². The topological polar surface area (TPSA) is 64.9 Å². The molecule has 6 nitrogen and oxygen atoms in total. The van der Waals surface area contributed by atoms with Crippen LogP contribution in [0.4, 0.5) is 5.82 Å². The summed E-state index contributed by atoms with van der Waals surface area (Å²) < 4.78 is 7.03. The van der Waals surface area contributed by atoms with Crippen LogP contribution in [-0.2, 0) is 6.54 Å². The third-order valence-corrected chi connectivity index (χ3v) is 2.65. The van der Waals surface area contributed by atoms with Gasteiger partial charge in [0.25, 0.3) is 0 Å². The summed E-state index contributed by atoms with van der Waals surface area (Å²) in [6.07, 6.45) is 1.95. The lowest BCUT2D eigenvalue weighted by molar-refractivity contribution is 0.394. The smallest absolute Gasteiger partial charge is 0.216 e. The maximum absolute atomic E-state index is 5.12. The number of rotatable bonds is 5. The Morgan fingerprint density at radius 3 is 2.79 bits per heavy atom. The van der Waals surface area contributed by atoms with E-state index in [4.69, 9.17) is 4.74 Å². The number of hydrogen-bond acceptors (Lipinski definition) is 5. The zero-order valence-electron chi connectivity index (χ0n) is 11.7. The number of aromatic nitrogens is 4. The molecule has 0 saturated heterocycles. The highest BCUT2D eigenvalue weighted by Crippen LogP contribution is 2.11. The Kier molecular flexibility index (Phi) is 3.99. The SMILES string of the molecule is COc1cc(C)nc(CNc2ccn(C(C)C)n2)n1. The molecule has 102 valence electrons. The van der Waals surface area contributed by atoms with Crippen LogP contribution in [0.15, 0.2) is 18.3 Å². The summed E-state index contributed by atoms with van der Waals surface area (Å²) >= 11 is 0. The fourth-order valence-corrected chi connectivity index (χ4v) is 1.67. The van der Waals surface area contributed by atoms with E-state index >= 15 is 0 Å². The molecule has 0 atom stereocenters. The number of nitrogens with zero attached hydrogens (tertiary/aromatic N) is 4.